The van der Waals surface area contributed by atoms with Crippen molar-refractivity contribution in [3.8, 4) is 11.5 Å². The first-order chi connectivity index (χ1) is 16.3. The van der Waals surface area contributed by atoms with Crippen LogP contribution in [0.2, 0.25) is 0 Å². The van der Waals surface area contributed by atoms with Gasteiger partial charge < -0.3 is 34.6 Å². The highest BCUT2D eigenvalue weighted by molar-refractivity contribution is 5.95. The average molecular weight is 477 g/mol. The van der Waals surface area contributed by atoms with Crippen molar-refractivity contribution in [2.75, 3.05) is 54.1 Å². The van der Waals surface area contributed by atoms with Gasteiger partial charge in [-0.05, 0) is 44.9 Å². The molecular formula is C25H40N4O5. The molecule has 0 bridgehead atoms. The summed E-state index contributed by atoms with van der Waals surface area (Å²) in [4.78, 5) is 29.8. The molecule has 2 fully saturated rings. The Bertz CT molecular complexity index is 830. The highest BCUT2D eigenvalue weighted by atomic mass is 16.5. The van der Waals surface area contributed by atoms with E-state index in [1.54, 1.807) is 37.3 Å². The minimum atomic E-state index is -0.0601. The molecule has 9 heteroatoms. The van der Waals surface area contributed by atoms with Crippen LogP contribution in [-0.2, 0) is 4.74 Å². The Balaban J connectivity index is 1.70. The lowest BCUT2D eigenvalue weighted by Gasteiger charge is -2.34. The van der Waals surface area contributed by atoms with E-state index in [0.29, 0.717) is 42.9 Å². The van der Waals surface area contributed by atoms with Gasteiger partial charge in [-0.15, -0.1) is 0 Å². The van der Waals surface area contributed by atoms with Gasteiger partial charge in [0.1, 0.15) is 0 Å². The Morgan fingerprint density at radius 1 is 1.15 bits per heavy atom. The Labute approximate surface area is 203 Å². The SMILES string of the molecule is COCCCOc1cc(C(=O)N(C[C@@H]2CNC[C@H]2N(C)C(=O)NC2CC2)C(C)C)ccc1OC. The van der Waals surface area contributed by atoms with Crippen molar-refractivity contribution in [1.29, 1.82) is 0 Å². The second kappa shape index (κ2) is 12.3. The number of carbonyl (C=O) groups is 2. The summed E-state index contributed by atoms with van der Waals surface area (Å²) in [6.07, 6.45) is 2.86. The maximum absolute atomic E-state index is 13.6. The summed E-state index contributed by atoms with van der Waals surface area (Å²) >= 11 is 0. The molecule has 0 radical (unpaired) electrons. The van der Waals surface area contributed by atoms with Crippen LogP contribution in [-0.4, -0.2) is 94.0 Å². The maximum atomic E-state index is 13.6. The van der Waals surface area contributed by atoms with Crippen molar-refractivity contribution < 1.29 is 23.8 Å². The van der Waals surface area contributed by atoms with Crippen LogP contribution in [0.5, 0.6) is 11.5 Å². The average Bonchev–Trinajstić information content (AvgIpc) is 3.52. The van der Waals surface area contributed by atoms with Crippen LogP contribution in [0.1, 0.15) is 43.5 Å². The Kier molecular flexibility index (Phi) is 9.41. The highest BCUT2D eigenvalue weighted by Crippen LogP contribution is 2.29. The quantitative estimate of drug-likeness (QED) is 0.450. The lowest BCUT2D eigenvalue weighted by Crippen LogP contribution is -2.51. The summed E-state index contributed by atoms with van der Waals surface area (Å²) in [5.74, 6) is 1.22. The second-order valence-electron chi connectivity index (χ2n) is 9.43. The van der Waals surface area contributed by atoms with Crippen LogP contribution in [0, 0.1) is 5.92 Å². The minimum Gasteiger partial charge on any atom is -0.493 e. The Morgan fingerprint density at radius 3 is 2.56 bits per heavy atom. The second-order valence-corrected chi connectivity index (χ2v) is 9.43. The van der Waals surface area contributed by atoms with Crippen LogP contribution in [0.25, 0.3) is 0 Å². The first-order valence-corrected chi connectivity index (χ1v) is 12.2. The number of amides is 3. The zero-order valence-corrected chi connectivity index (χ0v) is 21.1. The van der Waals surface area contributed by atoms with Gasteiger partial charge in [0.15, 0.2) is 11.5 Å². The molecule has 1 aliphatic heterocycles. The number of ether oxygens (including phenoxy) is 3. The summed E-state index contributed by atoms with van der Waals surface area (Å²) in [5.41, 5.74) is 0.554. The number of nitrogens with one attached hydrogen (secondary N) is 2. The van der Waals surface area contributed by atoms with Gasteiger partial charge in [-0.1, -0.05) is 0 Å². The van der Waals surface area contributed by atoms with Gasteiger partial charge in [-0.2, -0.15) is 0 Å². The third-order valence-corrected chi connectivity index (χ3v) is 6.50. The monoisotopic (exact) mass is 476 g/mol. The number of hydrogen-bond donors (Lipinski definition) is 2. The van der Waals surface area contributed by atoms with E-state index in [2.05, 4.69) is 10.6 Å². The van der Waals surface area contributed by atoms with E-state index in [-0.39, 0.29) is 29.9 Å². The lowest BCUT2D eigenvalue weighted by molar-refractivity contribution is 0.0652. The first kappa shape index (κ1) is 26.1. The third-order valence-electron chi connectivity index (χ3n) is 6.50. The summed E-state index contributed by atoms with van der Waals surface area (Å²) in [6, 6.07) is 5.62. The molecule has 3 rings (SSSR count). The van der Waals surface area contributed by atoms with Crippen molar-refractivity contribution >= 4 is 11.9 Å². The van der Waals surface area contributed by atoms with E-state index >= 15 is 0 Å². The molecule has 0 aromatic heterocycles. The van der Waals surface area contributed by atoms with Crippen LogP contribution >= 0.6 is 0 Å². The van der Waals surface area contributed by atoms with Crippen molar-refractivity contribution in [2.24, 2.45) is 5.92 Å². The third kappa shape index (κ3) is 6.76. The number of nitrogens with zero attached hydrogens (tertiary/aromatic N) is 2. The molecule has 2 atom stereocenters. The fourth-order valence-corrected chi connectivity index (χ4v) is 4.27. The smallest absolute Gasteiger partial charge is 0.317 e. The Morgan fingerprint density at radius 2 is 1.91 bits per heavy atom. The minimum absolute atomic E-state index is 0.00696. The van der Waals surface area contributed by atoms with Gasteiger partial charge in [-0.3, -0.25) is 4.79 Å². The molecule has 1 aliphatic carbocycles. The molecule has 1 saturated heterocycles. The van der Waals surface area contributed by atoms with Crippen LogP contribution < -0.4 is 20.1 Å². The van der Waals surface area contributed by atoms with Crippen LogP contribution in [0.4, 0.5) is 4.79 Å². The highest BCUT2D eigenvalue weighted by Gasteiger charge is 2.36. The zero-order valence-electron chi connectivity index (χ0n) is 21.1. The first-order valence-electron chi connectivity index (χ1n) is 12.2. The number of rotatable bonds is 12. The molecule has 2 N–H and O–H groups in total. The molecule has 1 saturated carbocycles. The predicted octanol–water partition coefficient (Wildman–Crippen LogP) is 2.35. The van der Waals surface area contributed by atoms with E-state index in [1.165, 1.54) is 0 Å². The van der Waals surface area contributed by atoms with Gasteiger partial charge in [0.25, 0.3) is 5.91 Å². The predicted molar refractivity (Wildman–Crippen MR) is 131 cm³/mol. The lowest BCUT2D eigenvalue weighted by atomic mass is 10.0. The molecule has 1 heterocycles. The van der Waals surface area contributed by atoms with Gasteiger partial charge in [0, 0.05) is 70.4 Å². The summed E-state index contributed by atoms with van der Waals surface area (Å²) < 4.78 is 16.4. The Hall–Kier alpha value is -2.52. The summed E-state index contributed by atoms with van der Waals surface area (Å²) in [5, 5.41) is 6.46. The van der Waals surface area contributed by atoms with Crippen molar-refractivity contribution in [1.82, 2.24) is 20.4 Å². The van der Waals surface area contributed by atoms with E-state index in [1.807, 2.05) is 25.8 Å². The molecule has 9 nitrogen and oxygen atoms in total. The molecule has 2 aliphatic rings. The fraction of sp³-hybridized carbons (Fsp3) is 0.680. The van der Waals surface area contributed by atoms with Crippen molar-refractivity contribution in [3.63, 3.8) is 0 Å². The van der Waals surface area contributed by atoms with E-state index in [9.17, 15) is 9.59 Å². The number of likely N-dealkylation sites (N-methyl/N-ethyl adjacent to an activating group) is 1. The van der Waals surface area contributed by atoms with Gasteiger partial charge in [0.05, 0.1) is 19.8 Å². The number of urea groups is 1. The zero-order chi connectivity index (χ0) is 24.7. The number of hydrogen-bond acceptors (Lipinski definition) is 6. The van der Waals surface area contributed by atoms with Gasteiger partial charge >= 0.3 is 6.03 Å². The van der Waals surface area contributed by atoms with Crippen LogP contribution in [0.15, 0.2) is 18.2 Å². The molecule has 1 aromatic rings. The van der Waals surface area contributed by atoms with E-state index in [0.717, 1.165) is 32.4 Å². The van der Waals surface area contributed by atoms with E-state index < -0.39 is 0 Å². The number of carbonyl (C=O) groups excluding carboxylic acids is 2. The fourth-order valence-electron chi connectivity index (χ4n) is 4.27. The number of benzene rings is 1. The normalized spacial score (nSPS) is 19.7. The van der Waals surface area contributed by atoms with E-state index in [4.69, 9.17) is 14.2 Å². The summed E-state index contributed by atoms with van der Waals surface area (Å²) in [6.45, 7) is 7.16. The molecule has 3 amide bonds. The number of methoxy groups -OCH3 is 2. The molecule has 34 heavy (non-hydrogen) atoms. The largest absolute Gasteiger partial charge is 0.493 e. The van der Waals surface area contributed by atoms with Gasteiger partial charge in [-0.25, -0.2) is 4.79 Å². The molecule has 0 spiro atoms. The topological polar surface area (TPSA) is 92.4 Å². The molecule has 1 aromatic carbocycles. The van der Waals surface area contributed by atoms with Gasteiger partial charge in [0.2, 0.25) is 0 Å². The molecule has 190 valence electrons. The van der Waals surface area contributed by atoms with Crippen LogP contribution in [0.3, 0.4) is 0 Å². The standard InChI is InChI=1S/C25H40N4O5/c1-17(2)29(16-19-14-26-15-21(19)28(3)25(31)27-20-8-9-20)24(30)18-7-10-22(33-5)23(13-18)34-12-6-11-32-4/h7,10,13,17,19-21,26H,6,8-9,11-12,14-16H2,1-5H3,(H,27,31)/t19-,21+/m0/s1. The maximum Gasteiger partial charge on any atom is 0.317 e. The van der Waals surface area contributed by atoms with Crippen molar-refractivity contribution in [2.45, 2.75) is 51.2 Å². The summed E-state index contributed by atoms with van der Waals surface area (Å²) in [7, 11) is 5.09. The van der Waals surface area contributed by atoms with Crippen molar-refractivity contribution in [3.05, 3.63) is 23.8 Å². The molecule has 0 unspecified atom stereocenters. The molecular weight excluding hydrogens is 436 g/mol.